The number of aromatic amines is 1. The largest absolute Gasteiger partial charge is 0.359 e. The molecule has 0 spiro atoms. The summed E-state index contributed by atoms with van der Waals surface area (Å²) in [7, 11) is 0. The minimum atomic E-state index is 0.537. The molecule has 7 nitrogen and oxygen atoms in total. The zero-order chi connectivity index (χ0) is 15.6. The fraction of sp³-hybridized carbons (Fsp3) is 0.125. The lowest BCUT2D eigenvalue weighted by molar-refractivity contribution is 0.378. The molecular formula is C16H14N6O. The van der Waals surface area contributed by atoms with Crippen molar-refractivity contribution in [3.8, 4) is 22.8 Å². The number of imidazole rings is 2. The summed E-state index contributed by atoms with van der Waals surface area (Å²) in [4.78, 5) is 15.9. The molecule has 0 aliphatic heterocycles. The van der Waals surface area contributed by atoms with E-state index in [-0.39, 0.29) is 0 Å². The van der Waals surface area contributed by atoms with Gasteiger partial charge in [-0.05, 0) is 19.1 Å². The molecular weight excluding hydrogens is 292 g/mol. The van der Waals surface area contributed by atoms with E-state index in [4.69, 9.17) is 4.52 Å². The van der Waals surface area contributed by atoms with Crippen molar-refractivity contribution in [2.24, 2.45) is 0 Å². The molecule has 0 aromatic carbocycles. The minimum Gasteiger partial charge on any atom is -0.359 e. The smallest absolute Gasteiger partial charge is 0.160 e. The maximum Gasteiger partial charge on any atom is 0.160 e. The summed E-state index contributed by atoms with van der Waals surface area (Å²) >= 11 is 0. The van der Waals surface area contributed by atoms with Crippen LogP contribution in [-0.2, 0) is 6.54 Å². The highest BCUT2D eigenvalue weighted by Gasteiger charge is 2.13. The highest BCUT2D eigenvalue weighted by molar-refractivity contribution is 5.57. The maximum absolute atomic E-state index is 5.44. The van der Waals surface area contributed by atoms with Crippen LogP contribution in [0.5, 0.6) is 0 Å². The molecule has 0 bridgehead atoms. The highest BCUT2D eigenvalue weighted by atomic mass is 16.5. The summed E-state index contributed by atoms with van der Waals surface area (Å²) in [5, 5.41) is 4.11. The summed E-state index contributed by atoms with van der Waals surface area (Å²) in [6, 6.07) is 5.74. The van der Waals surface area contributed by atoms with Crippen molar-refractivity contribution in [2.75, 3.05) is 0 Å². The van der Waals surface area contributed by atoms with Crippen molar-refractivity contribution in [1.82, 2.24) is 29.7 Å². The molecule has 23 heavy (non-hydrogen) atoms. The van der Waals surface area contributed by atoms with Crippen molar-refractivity contribution < 1.29 is 4.52 Å². The van der Waals surface area contributed by atoms with E-state index in [9.17, 15) is 0 Å². The monoisotopic (exact) mass is 306 g/mol. The van der Waals surface area contributed by atoms with Gasteiger partial charge < -0.3 is 14.1 Å². The van der Waals surface area contributed by atoms with Gasteiger partial charge in [0.05, 0.1) is 12.9 Å². The Bertz CT molecular complexity index is 921. The van der Waals surface area contributed by atoms with E-state index in [1.165, 1.54) is 0 Å². The Balaban J connectivity index is 1.62. The molecule has 1 N–H and O–H groups in total. The van der Waals surface area contributed by atoms with Crippen LogP contribution >= 0.6 is 0 Å². The molecule has 4 aromatic heterocycles. The third kappa shape index (κ3) is 2.52. The molecule has 4 aromatic rings. The maximum atomic E-state index is 5.44. The third-order valence-electron chi connectivity index (χ3n) is 3.60. The Morgan fingerprint density at radius 3 is 3.00 bits per heavy atom. The van der Waals surface area contributed by atoms with Crippen LogP contribution in [0, 0.1) is 6.92 Å². The van der Waals surface area contributed by atoms with E-state index in [0.717, 1.165) is 34.2 Å². The Labute approximate surface area is 132 Å². The summed E-state index contributed by atoms with van der Waals surface area (Å²) < 4.78 is 7.42. The topological polar surface area (TPSA) is 85.4 Å². The Kier molecular flexibility index (Phi) is 3.23. The van der Waals surface area contributed by atoms with Crippen LogP contribution in [0.3, 0.4) is 0 Å². The number of aryl methyl sites for hydroxylation is 1. The second-order valence-electron chi connectivity index (χ2n) is 5.18. The van der Waals surface area contributed by atoms with E-state index in [0.29, 0.717) is 6.54 Å². The second-order valence-corrected chi connectivity index (χ2v) is 5.18. The van der Waals surface area contributed by atoms with Crippen LogP contribution in [0.15, 0.2) is 53.8 Å². The van der Waals surface area contributed by atoms with Gasteiger partial charge in [0, 0.05) is 42.1 Å². The quantitative estimate of drug-likeness (QED) is 0.626. The van der Waals surface area contributed by atoms with Gasteiger partial charge in [0.1, 0.15) is 11.4 Å². The summed E-state index contributed by atoms with van der Waals surface area (Å²) in [6.07, 6.45) is 8.81. The molecule has 7 heteroatoms. The van der Waals surface area contributed by atoms with Crippen LogP contribution < -0.4 is 0 Å². The Hall–Kier alpha value is -3.22. The molecule has 0 saturated heterocycles. The van der Waals surface area contributed by atoms with E-state index >= 15 is 0 Å². The number of H-pyrrole nitrogens is 1. The first kappa shape index (κ1) is 13.4. The fourth-order valence-electron chi connectivity index (χ4n) is 2.44. The first-order valence-corrected chi connectivity index (χ1v) is 7.19. The van der Waals surface area contributed by atoms with Crippen LogP contribution in [0.25, 0.3) is 22.8 Å². The lowest BCUT2D eigenvalue weighted by Crippen LogP contribution is -2.01. The van der Waals surface area contributed by atoms with Gasteiger partial charge in [-0.1, -0.05) is 5.16 Å². The van der Waals surface area contributed by atoms with Gasteiger partial charge in [-0.3, -0.25) is 4.98 Å². The van der Waals surface area contributed by atoms with E-state index < -0.39 is 0 Å². The van der Waals surface area contributed by atoms with Gasteiger partial charge in [-0.2, -0.15) is 0 Å². The van der Waals surface area contributed by atoms with Crippen LogP contribution in [0.1, 0.15) is 11.5 Å². The van der Waals surface area contributed by atoms with Gasteiger partial charge in [0.25, 0.3) is 0 Å². The van der Waals surface area contributed by atoms with Gasteiger partial charge in [0.15, 0.2) is 11.6 Å². The number of nitrogens with zero attached hydrogens (tertiary/aromatic N) is 5. The van der Waals surface area contributed by atoms with E-state index in [1.807, 2.05) is 35.9 Å². The molecule has 0 saturated carbocycles. The molecule has 0 atom stereocenters. The predicted molar refractivity (Wildman–Crippen MR) is 83.4 cm³/mol. The molecule has 0 unspecified atom stereocenters. The molecule has 4 heterocycles. The van der Waals surface area contributed by atoms with Crippen molar-refractivity contribution in [3.05, 3.63) is 60.8 Å². The summed E-state index contributed by atoms with van der Waals surface area (Å²) in [5.74, 6) is 1.54. The minimum absolute atomic E-state index is 0.537. The first-order valence-electron chi connectivity index (χ1n) is 7.19. The highest BCUT2D eigenvalue weighted by Crippen LogP contribution is 2.21. The van der Waals surface area contributed by atoms with E-state index in [1.54, 1.807) is 24.9 Å². The standard InChI is InChI=1S/C16H14N6O/c1-11-15(20-10-19-11)16-18-5-6-22(16)9-13-7-14(21-23-13)12-3-2-4-17-8-12/h2-8,10H,9H2,1H3,(H,19,20). The number of pyridine rings is 1. The van der Waals surface area contributed by atoms with Crippen molar-refractivity contribution in [2.45, 2.75) is 13.5 Å². The molecule has 0 radical (unpaired) electrons. The van der Waals surface area contributed by atoms with Crippen molar-refractivity contribution in [1.29, 1.82) is 0 Å². The van der Waals surface area contributed by atoms with Gasteiger partial charge in [-0.15, -0.1) is 0 Å². The number of nitrogens with one attached hydrogen (secondary N) is 1. The van der Waals surface area contributed by atoms with Crippen LogP contribution in [0.4, 0.5) is 0 Å². The SMILES string of the molecule is Cc1[nH]cnc1-c1nccn1Cc1cc(-c2cccnc2)no1. The predicted octanol–water partition coefficient (Wildman–Crippen LogP) is 2.68. The van der Waals surface area contributed by atoms with Crippen LogP contribution in [-0.4, -0.2) is 29.7 Å². The number of aromatic nitrogens is 6. The number of rotatable bonds is 4. The Morgan fingerprint density at radius 2 is 2.22 bits per heavy atom. The molecule has 4 rings (SSSR count). The van der Waals surface area contributed by atoms with Crippen molar-refractivity contribution in [3.63, 3.8) is 0 Å². The Morgan fingerprint density at radius 1 is 1.26 bits per heavy atom. The second kappa shape index (κ2) is 5.53. The normalized spacial score (nSPS) is 11.0. The van der Waals surface area contributed by atoms with Gasteiger partial charge in [-0.25, -0.2) is 9.97 Å². The van der Waals surface area contributed by atoms with Crippen molar-refractivity contribution >= 4 is 0 Å². The average Bonchev–Trinajstić information content (AvgIpc) is 3.30. The third-order valence-corrected chi connectivity index (χ3v) is 3.60. The summed E-state index contributed by atoms with van der Waals surface area (Å²) in [6.45, 7) is 2.51. The van der Waals surface area contributed by atoms with E-state index in [2.05, 4.69) is 25.1 Å². The molecule has 0 aliphatic carbocycles. The number of hydrogen-bond donors (Lipinski definition) is 1. The zero-order valence-corrected chi connectivity index (χ0v) is 12.5. The first-order chi connectivity index (χ1) is 11.3. The van der Waals surface area contributed by atoms with Crippen LogP contribution in [0.2, 0.25) is 0 Å². The van der Waals surface area contributed by atoms with Gasteiger partial charge in [0.2, 0.25) is 0 Å². The average molecular weight is 306 g/mol. The lowest BCUT2D eigenvalue weighted by Gasteiger charge is -2.03. The molecule has 114 valence electrons. The van der Waals surface area contributed by atoms with Gasteiger partial charge >= 0.3 is 0 Å². The zero-order valence-electron chi connectivity index (χ0n) is 12.5. The summed E-state index contributed by atoms with van der Waals surface area (Å²) in [5.41, 5.74) is 3.51. The lowest BCUT2D eigenvalue weighted by atomic mass is 10.2. The molecule has 0 aliphatic rings. The number of hydrogen-bond acceptors (Lipinski definition) is 5. The molecule has 0 fully saturated rings. The molecule has 0 amide bonds. The fourth-order valence-corrected chi connectivity index (χ4v) is 2.44.